The van der Waals surface area contributed by atoms with E-state index in [1.54, 1.807) is 50.2 Å². The summed E-state index contributed by atoms with van der Waals surface area (Å²) in [5, 5.41) is 11.6. The minimum absolute atomic E-state index is 0.0322. The van der Waals surface area contributed by atoms with Crippen LogP contribution in [-0.2, 0) is 29.1 Å². The molecule has 1 aromatic heterocycles. The number of nitrogens with one attached hydrogen (secondary N) is 2. The number of allylic oxidation sites excluding steroid dienone is 1. The van der Waals surface area contributed by atoms with E-state index < -0.39 is 85.9 Å². The molecule has 4 amide bonds. The number of benzene rings is 1. The van der Waals surface area contributed by atoms with Gasteiger partial charge in [-0.15, -0.1) is 0 Å². The number of fused-ring (bicyclic) bond motifs is 3. The van der Waals surface area contributed by atoms with Crippen LogP contribution in [0.1, 0.15) is 79.6 Å². The molecule has 4 aliphatic rings. The molecule has 2 aliphatic carbocycles. The molecule has 0 spiro atoms. The van der Waals surface area contributed by atoms with Gasteiger partial charge >= 0.3 is 12.3 Å². The highest BCUT2D eigenvalue weighted by Gasteiger charge is 2.63. The van der Waals surface area contributed by atoms with Crippen molar-refractivity contribution < 1.29 is 55.0 Å². The van der Waals surface area contributed by atoms with Gasteiger partial charge in [-0.3, -0.25) is 19.1 Å². The molecule has 6 rings (SSSR count). The Morgan fingerprint density at radius 3 is 2.44 bits per heavy atom. The molecule has 61 heavy (non-hydrogen) atoms. The van der Waals surface area contributed by atoms with Crippen LogP contribution in [0.5, 0.6) is 11.6 Å². The first-order valence-electron chi connectivity index (χ1n) is 20.3. The number of nitrogens with zero attached hydrogens (tertiary/aromatic N) is 5. The Morgan fingerprint density at radius 2 is 1.80 bits per heavy atom. The highest BCUT2D eigenvalue weighted by molar-refractivity contribution is 7.91. The van der Waals surface area contributed by atoms with Crippen LogP contribution in [-0.4, -0.2) is 110 Å². The van der Waals surface area contributed by atoms with Gasteiger partial charge in [0.2, 0.25) is 33.3 Å². The lowest BCUT2D eigenvalue weighted by atomic mass is 9.88. The number of carbonyl (C=O) groups excluding carboxylic acids is 4. The second-order valence-electron chi connectivity index (χ2n) is 17.8. The fourth-order valence-electron chi connectivity index (χ4n) is 7.74. The summed E-state index contributed by atoms with van der Waals surface area (Å²) in [6, 6.07) is 4.36. The van der Waals surface area contributed by atoms with Gasteiger partial charge in [-0.25, -0.2) is 13.2 Å². The van der Waals surface area contributed by atoms with E-state index >= 15 is 0 Å². The maximum absolute atomic E-state index is 14.8. The third-order valence-corrected chi connectivity index (χ3v) is 14.4. The number of carbonyl (C=O) groups is 4. The molecule has 1 aromatic carbocycles. The smallest absolute Gasteiger partial charge is 0.452 e. The number of aromatic nitrogens is 1. The number of rotatable bonds is 9. The lowest BCUT2D eigenvalue weighted by Crippen LogP contribution is -2.58. The number of methoxy groups -OCH3 is 1. The van der Waals surface area contributed by atoms with Crippen molar-refractivity contribution in [3.8, 4) is 11.6 Å². The zero-order chi connectivity index (χ0) is 44.9. The molecule has 20 heteroatoms. The average molecular weight is 878 g/mol. The molecule has 0 radical (unpaired) electrons. The van der Waals surface area contributed by atoms with Gasteiger partial charge in [0.25, 0.3) is 5.91 Å². The van der Waals surface area contributed by atoms with E-state index in [-0.39, 0.29) is 31.2 Å². The molecule has 0 bridgehead atoms. The molecule has 334 valence electrons. The quantitative estimate of drug-likeness (QED) is 0.227. The number of amides is 4. The summed E-state index contributed by atoms with van der Waals surface area (Å²) in [5.74, 6) is -2.34. The molecule has 2 saturated carbocycles. The monoisotopic (exact) mass is 877 g/mol. The molecule has 2 aromatic rings. The number of azo groups is 1. The number of ether oxygens (including phenoxy) is 3. The predicted octanol–water partition coefficient (Wildman–Crippen LogP) is 5.84. The minimum atomic E-state index is -4.92. The topological polar surface area (TPSA) is 198 Å². The molecular formula is C41H54F3N7O9S. The van der Waals surface area contributed by atoms with Crippen molar-refractivity contribution in [3.63, 3.8) is 0 Å². The summed E-state index contributed by atoms with van der Waals surface area (Å²) in [6.45, 7) is 6.28. The Morgan fingerprint density at radius 1 is 1.10 bits per heavy atom. The maximum atomic E-state index is 14.8. The molecule has 2 aliphatic heterocycles. The van der Waals surface area contributed by atoms with Crippen LogP contribution in [0, 0.1) is 17.8 Å². The van der Waals surface area contributed by atoms with Crippen molar-refractivity contribution in [2.75, 3.05) is 32.6 Å². The van der Waals surface area contributed by atoms with Crippen LogP contribution in [0.3, 0.4) is 0 Å². The van der Waals surface area contributed by atoms with Crippen molar-refractivity contribution in [1.82, 2.24) is 19.9 Å². The number of hydrogen-bond donors (Lipinski definition) is 2. The molecular weight excluding hydrogens is 824 g/mol. The molecule has 3 fully saturated rings. The lowest BCUT2D eigenvalue weighted by Gasteiger charge is -2.30. The van der Waals surface area contributed by atoms with Crippen molar-refractivity contribution in [2.24, 2.45) is 28.0 Å². The SMILES string of the molecule is COc1ccc2c(O[C@@H]3C[C@H]4C(=O)N[C@]5(C(=O)NS(=O)(=O)C6(C)CC6)C[C@H]5/C=C\CC[C@@H](C)C[C@@H](C)C(N=NC(=O)OC(C)(C)C(F)(F)F)C(=O)N4C3)nc(N(C)C)cc2c1. The van der Waals surface area contributed by atoms with Crippen molar-refractivity contribution in [2.45, 2.75) is 120 Å². The second kappa shape index (κ2) is 16.7. The minimum Gasteiger partial charge on any atom is -0.497 e. The van der Waals surface area contributed by atoms with Gasteiger partial charge < -0.3 is 29.3 Å². The van der Waals surface area contributed by atoms with Gasteiger partial charge in [0, 0.05) is 31.8 Å². The van der Waals surface area contributed by atoms with Gasteiger partial charge in [-0.2, -0.15) is 23.3 Å². The summed E-state index contributed by atoms with van der Waals surface area (Å²) in [5.41, 5.74) is -4.55. The van der Waals surface area contributed by atoms with E-state index in [0.717, 1.165) is 5.39 Å². The van der Waals surface area contributed by atoms with Crippen LogP contribution >= 0.6 is 0 Å². The zero-order valence-corrected chi connectivity index (χ0v) is 36.4. The standard InChI is InChI=1S/C41H54F3N7O9S/c1-23-11-9-10-12-26-21-40(26,36(54)49-61(56,57)39(5)15-16-39)46-33(52)30-20-28(59-34-29-14-13-27(58-8)18-25(29)19-31(45-34)50(6)7)22-51(30)35(53)32(24(2)17-23)47-48-37(55)60-38(3,4)41(42,43)44/h10,12-14,18-19,23-24,26,28,30,32H,9,11,15-17,20-22H2,1-8H3,(H,46,52)(H,49,54)/b12-10-,48-47?/t23-,24-,26-,28-,30+,32?,40-/m1/s1. The van der Waals surface area contributed by atoms with Gasteiger partial charge in [0.15, 0.2) is 6.04 Å². The van der Waals surface area contributed by atoms with Gasteiger partial charge in [-0.05, 0) is 101 Å². The number of anilines is 1. The number of sulfonamides is 1. The fourth-order valence-corrected chi connectivity index (χ4v) is 9.05. The van der Waals surface area contributed by atoms with Crippen LogP contribution in [0.2, 0.25) is 0 Å². The number of halogens is 3. The molecule has 7 atom stereocenters. The molecule has 2 N–H and O–H groups in total. The van der Waals surface area contributed by atoms with Crippen molar-refractivity contribution in [1.29, 1.82) is 0 Å². The van der Waals surface area contributed by atoms with E-state index in [1.807, 2.05) is 19.1 Å². The van der Waals surface area contributed by atoms with E-state index in [4.69, 9.17) is 14.5 Å². The molecule has 16 nitrogen and oxygen atoms in total. The first-order chi connectivity index (χ1) is 28.4. The Bertz CT molecular complexity index is 2230. The zero-order valence-electron chi connectivity index (χ0n) is 35.5. The maximum Gasteiger partial charge on any atom is 0.452 e. The van der Waals surface area contributed by atoms with E-state index in [2.05, 4.69) is 25.0 Å². The lowest BCUT2D eigenvalue weighted by molar-refractivity contribution is -0.243. The highest BCUT2D eigenvalue weighted by Crippen LogP contribution is 2.48. The summed E-state index contributed by atoms with van der Waals surface area (Å²) < 4.78 is 84.8. The molecule has 1 saturated heterocycles. The Balaban J connectivity index is 1.38. The largest absolute Gasteiger partial charge is 0.497 e. The fraction of sp³-hybridized carbons (Fsp3) is 0.634. The second-order valence-corrected chi connectivity index (χ2v) is 20.0. The van der Waals surface area contributed by atoms with Crippen LogP contribution in [0.4, 0.5) is 23.8 Å². The van der Waals surface area contributed by atoms with Crippen molar-refractivity contribution >= 4 is 50.4 Å². The summed E-state index contributed by atoms with van der Waals surface area (Å²) >= 11 is 0. The van der Waals surface area contributed by atoms with Gasteiger partial charge in [0.1, 0.15) is 29.3 Å². The third kappa shape index (κ3) is 9.57. The van der Waals surface area contributed by atoms with E-state index in [1.165, 1.54) is 18.9 Å². The third-order valence-electron chi connectivity index (χ3n) is 12.2. The Hall–Kier alpha value is -5.01. The van der Waals surface area contributed by atoms with E-state index in [9.17, 15) is 40.8 Å². The van der Waals surface area contributed by atoms with Crippen LogP contribution in [0.15, 0.2) is 46.6 Å². The summed E-state index contributed by atoms with van der Waals surface area (Å²) in [4.78, 5) is 63.8. The first-order valence-corrected chi connectivity index (χ1v) is 21.8. The summed E-state index contributed by atoms with van der Waals surface area (Å²) in [6.07, 6.45) is -1.53. The van der Waals surface area contributed by atoms with Gasteiger partial charge in [0.05, 0.1) is 18.4 Å². The van der Waals surface area contributed by atoms with Crippen molar-refractivity contribution in [3.05, 3.63) is 36.4 Å². The normalized spacial score (nSPS) is 28.7. The number of hydrogen-bond acceptors (Lipinski definition) is 12. The van der Waals surface area contributed by atoms with E-state index in [0.29, 0.717) is 62.9 Å². The van der Waals surface area contributed by atoms with Crippen LogP contribution in [0.25, 0.3) is 10.8 Å². The first kappa shape index (κ1) is 45.5. The van der Waals surface area contributed by atoms with Crippen LogP contribution < -0.4 is 24.4 Å². The number of pyridine rings is 1. The molecule has 3 heterocycles. The number of alkyl halides is 3. The Kier molecular flexibility index (Phi) is 12.5. The van der Waals surface area contributed by atoms with Gasteiger partial charge in [-0.1, -0.05) is 31.1 Å². The predicted molar refractivity (Wildman–Crippen MR) is 217 cm³/mol. The molecule has 1 unspecified atom stereocenters. The Labute approximate surface area is 353 Å². The highest BCUT2D eigenvalue weighted by atomic mass is 32.2. The summed E-state index contributed by atoms with van der Waals surface area (Å²) in [7, 11) is 1.05. The average Bonchev–Trinajstić information content (AvgIpc) is 4.05.